The summed E-state index contributed by atoms with van der Waals surface area (Å²) in [4.78, 5) is 29.8. The molecule has 2 amide bonds. The van der Waals surface area contributed by atoms with Crippen LogP contribution in [-0.4, -0.2) is 50.4 Å². The molecular formula is C36H40ClN3O5S. The zero-order valence-corrected chi connectivity index (χ0v) is 28.1. The van der Waals surface area contributed by atoms with Gasteiger partial charge in [0, 0.05) is 24.0 Å². The van der Waals surface area contributed by atoms with E-state index < -0.39 is 28.5 Å². The predicted molar refractivity (Wildman–Crippen MR) is 183 cm³/mol. The molecule has 0 saturated heterocycles. The van der Waals surface area contributed by atoms with Crippen molar-refractivity contribution in [1.82, 2.24) is 10.2 Å². The van der Waals surface area contributed by atoms with Gasteiger partial charge in [-0.2, -0.15) is 0 Å². The number of halogens is 1. The number of carbonyl (C=O) groups excluding carboxylic acids is 2. The first-order chi connectivity index (χ1) is 22.0. The van der Waals surface area contributed by atoms with Gasteiger partial charge in [-0.25, -0.2) is 8.42 Å². The molecule has 8 nitrogen and oxygen atoms in total. The zero-order valence-electron chi connectivity index (χ0n) is 26.5. The summed E-state index contributed by atoms with van der Waals surface area (Å²) in [5, 5.41) is 3.35. The number of anilines is 1. The molecule has 4 rings (SSSR count). The van der Waals surface area contributed by atoms with Crippen molar-refractivity contribution in [3.05, 3.63) is 125 Å². The number of aryl methyl sites for hydroxylation is 1. The lowest BCUT2D eigenvalue weighted by Crippen LogP contribution is -2.54. The van der Waals surface area contributed by atoms with Crippen molar-refractivity contribution in [3.8, 4) is 5.75 Å². The lowest BCUT2D eigenvalue weighted by atomic mass is 10.0. The topological polar surface area (TPSA) is 96.0 Å². The van der Waals surface area contributed by atoms with Crippen LogP contribution in [0.4, 0.5) is 5.69 Å². The van der Waals surface area contributed by atoms with Crippen LogP contribution in [0.5, 0.6) is 5.75 Å². The largest absolute Gasteiger partial charge is 0.494 e. The molecule has 1 atom stereocenters. The van der Waals surface area contributed by atoms with Gasteiger partial charge in [-0.05, 0) is 87.4 Å². The maximum atomic E-state index is 14.5. The summed E-state index contributed by atoms with van der Waals surface area (Å²) in [6.45, 7) is 7.53. The molecule has 1 N–H and O–H groups in total. The van der Waals surface area contributed by atoms with Crippen LogP contribution in [0.15, 0.2) is 108 Å². The van der Waals surface area contributed by atoms with Gasteiger partial charge < -0.3 is 15.0 Å². The summed E-state index contributed by atoms with van der Waals surface area (Å²) in [7, 11) is -4.24. The Bertz CT molecular complexity index is 1700. The van der Waals surface area contributed by atoms with E-state index in [2.05, 4.69) is 5.32 Å². The van der Waals surface area contributed by atoms with Gasteiger partial charge in [-0.1, -0.05) is 71.8 Å². The third-order valence-corrected chi connectivity index (χ3v) is 9.33. The number of carbonyl (C=O) groups is 2. The maximum absolute atomic E-state index is 14.5. The molecule has 0 saturated carbocycles. The molecule has 0 aliphatic heterocycles. The molecule has 0 heterocycles. The first-order valence-corrected chi connectivity index (χ1v) is 17.0. The fourth-order valence-electron chi connectivity index (χ4n) is 4.96. The maximum Gasteiger partial charge on any atom is 0.264 e. The van der Waals surface area contributed by atoms with Gasteiger partial charge in [-0.3, -0.25) is 13.9 Å². The van der Waals surface area contributed by atoms with Gasteiger partial charge in [0.1, 0.15) is 18.3 Å². The van der Waals surface area contributed by atoms with Crippen LogP contribution in [0.3, 0.4) is 0 Å². The second-order valence-electron chi connectivity index (χ2n) is 11.3. The minimum absolute atomic E-state index is 0.0259. The second kappa shape index (κ2) is 15.8. The summed E-state index contributed by atoms with van der Waals surface area (Å²) in [6.07, 6.45) is 0.240. The van der Waals surface area contributed by atoms with E-state index in [0.717, 1.165) is 21.0 Å². The van der Waals surface area contributed by atoms with E-state index in [1.165, 1.54) is 29.2 Å². The molecule has 4 aromatic rings. The minimum atomic E-state index is -4.24. The van der Waals surface area contributed by atoms with Crippen LogP contribution in [-0.2, 0) is 32.6 Å². The normalized spacial score (nSPS) is 12.0. The van der Waals surface area contributed by atoms with E-state index in [1.807, 2.05) is 82.3 Å². The van der Waals surface area contributed by atoms with Crippen LogP contribution in [0, 0.1) is 6.92 Å². The van der Waals surface area contributed by atoms with Gasteiger partial charge in [0.15, 0.2) is 0 Å². The highest BCUT2D eigenvalue weighted by Gasteiger charge is 2.35. The quantitative estimate of drug-likeness (QED) is 0.169. The van der Waals surface area contributed by atoms with Crippen LogP contribution in [0.2, 0.25) is 5.02 Å². The number of hydrogen-bond acceptors (Lipinski definition) is 5. The van der Waals surface area contributed by atoms with Crippen molar-refractivity contribution >= 4 is 39.1 Å². The van der Waals surface area contributed by atoms with E-state index in [-0.39, 0.29) is 35.5 Å². The van der Waals surface area contributed by atoms with E-state index in [1.54, 1.807) is 24.3 Å². The van der Waals surface area contributed by atoms with Crippen LogP contribution >= 0.6 is 11.6 Å². The number of benzene rings is 4. The highest BCUT2D eigenvalue weighted by molar-refractivity contribution is 7.92. The standard InChI is InChI=1S/C36H40ClN3O5S/c1-5-45-32-19-17-31(18-20-32)40(46(43,44)33-21-15-30(37)16-22-33)25-35(41)39(24-29-13-11-27(4)12-14-29)34(36(42)38-26(2)3)23-28-9-7-6-8-10-28/h6-22,26,34H,5,23-25H2,1-4H3,(H,38,42)/t34-/m1/s1. The Hall–Kier alpha value is -4.34. The first-order valence-electron chi connectivity index (χ1n) is 15.2. The van der Waals surface area contributed by atoms with E-state index in [4.69, 9.17) is 16.3 Å². The number of amides is 2. The Kier molecular flexibility index (Phi) is 11.8. The fraction of sp³-hybridized carbons (Fsp3) is 0.278. The molecule has 0 spiro atoms. The van der Waals surface area contributed by atoms with Crippen LogP contribution < -0.4 is 14.4 Å². The number of sulfonamides is 1. The molecule has 242 valence electrons. The smallest absolute Gasteiger partial charge is 0.264 e. The summed E-state index contributed by atoms with van der Waals surface area (Å²) in [5.74, 6) is -0.296. The number of rotatable bonds is 14. The number of nitrogens with one attached hydrogen (secondary N) is 1. The van der Waals surface area contributed by atoms with Crippen molar-refractivity contribution in [2.75, 3.05) is 17.5 Å². The van der Waals surface area contributed by atoms with Gasteiger partial charge in [0.05, 0.1) is 17.2 Å². The summed E-state index contributed by atoms with van der Waals surface area (Å²) < 4.78 is 34.9. The fourth-order valence-corrected chi connectivity index (χ4v) is 6.50. The van der Waals surface area contributed by atoms with Gasteiger partial charge in [0.25, 0.3) is 10.0 Å². The molecule has 0 bridgehead atoms. The highest BCUT2D eigenvalue weighted by atomic mass is 35.5. The summed E-state index contributed by atoms with van der Waals surface area (Å²) in [5.41, 5.74) is 3.00. The SMILES string of the molecule is CCOc1ccc(N(CC(=O)N(Cc2ccc(C)cc2)[C@H](Cc2ccccc2)C(=O)NC(C)C)S(=O)(=O)c2ccc(Cl)cc2)cc1. The molecule has 46 heavy (non-hydrogen) atoms. The molecule has 0 aliphatic carbocycles. The van der Waals surface area contributed by atoms with Crippen LogP contribution in [0.1, 0.15) is 37.5 Å². The molecule has 10 heteroatoms. The Morgan fingerprint density at radius 1 is 0.848 bits per heavy atom. The third-order valence-electron chi connectivity index (χ3n) is 7.29. The summed E-state index contributed by atoms with van der Waals surface area (Å²) >= 11 is 6.06. The van der Waals surface area contributed by atoms with Gasteiger partial charge >= 0.3 is 0 Å². The average molecular weight is 662 g/mol. The Labute approximate surface area is 277 Å². The minimum Gasteiger partial charge on any atom is -0.494 e. The lowest BCUT2D eigenvalue weighted by molar-refractivity contribution is -0.140. The average Bonchev–Trinajstić information content (AvgIpc) is 3.03. The lowest BCUT2D eigenvalue weighted by Gasteiger charge is -2.34. The van der Waals surface area contributed by atoms with Gasteiger partial charge in [-0.15, -0.1) is 0 Å². The number of nitrogens with zero attached hydrogens (tertiary/aromatic N) is 2. The molecule has 0 fully saturated rings. The van der Waals surface area contributed by atoms with Crippen LogP contribution in [0.25, 0.3) is 0 Å². The molecule has 0 aliphatic rings. The zero-order chi connectivity index (χ0) is 33.3. The van der Waals surface area contributed by atoms with E-state index in [9.17, 15) is 18.0 Å². The van der Waals surface area contributed by atoms with Crippen molar-refractivity contribution in [3.63, 3.8) is 0 Å². The number of ether oxygens (including phenoxy) is 1. The monoisotopic (exact) mass is 661 g/mol. The van der Waals surface area contributed by atoms with Gasteiger partial charge in [0.2, 0.25) is 11.8 Å². The van der Waals surface area contributed by atoms with Crippen molar-refractivity contribution in [1.29, 1.82) is 0 Å². The third kappa shape index (κ3) is 9.11. The van der Waals surface area contributed by atoms with E-state index >= 15 is 0 Å². The Morgan fingerprint density at radius 2 is 1.48 bits per heavy atom. The predicted octanol–water partition coefficient (Wildman–Crippen LogP) is 6.41. The van der Waals surface area contributed by atoms with Crippen molar-refractivity contribution in [2.45, 2.75) is 57.6 Å². The molecule has 0 unspecified atom stereocenters. The highest BCUT2D eigenvalue weighted by Crippen LogP contribution is 2.28. The molecule has 0 aromatic heterocycles. The van der Waals surface area contributed by atoms with Crippen molar-refractivity contribution in [2.24, 2.45) is 0 Å². The second-order valence-corrected chi connectivity index (χ2v) is 13.6. The Balaban J connectivity index is 1.80. The van der Waals surface area contributed by atoms with E-state index in [0.29, 0.717) is 17.4 Å². The number of hydrogen-bond donors (Lipinski definition) is 1. The Morgan fingerprint density at radius 3 is 2.07 bits per heavy atom. The molecule has 0 radical (unpaired) electrons. The summed E-state index contributed by atoms with van der Waals surface area (Å²) in [6, 6.07) is 28.4. The molecule has 4 aromatic carbocycles. The first kappa shape index (κ1) is 34.5. The molecular weight excluding hydrogens is 622 g/mol. The van der Waals surface area contributed by atoms with Crippen molar-refractivity contribution < 1.29 is 22.7 Å².